The van der Waals surface area contributed by atoms with Crippen LogP contribution in [0.3, 0.4) is 0 Å². The molecule has 0 bridgehead atoms. The summed E-state index contributed by atoms with van der Waals surface area (Å²) in [6, 6.07) is 8.41. The van der Waals surface area contributed by atoms with E-state index in [4.69, 9.17) is 15.3 Å². The third kappa shape index (κ3) is 5.55. The van der Waals surface area contributed by atoms with Gasteiger partial charge in [-0.2, -0.15) is 5.10 Å². The number of thioether (sulfide) groups is 1. The van der Waals surface area contributed by atoms with Gasteiger partial charge in [0.25, 0.3) is 0 Å². The smallest absolute Gasteiger partial charge is 0.241 e. The van der Waals surface area contributed by atoms with Crippen molar-refractivity contribution in [2.24, 2.45) is 10.9 Å². The van der Waals surface area contributed by atoms with Crippen LogP contribution in [0.25, 0.3) is 0 Å². The second-order valence-electron chi connectivity index (χ2n) is 6.56. The molecule has 9 nitrogen and oxygen atoms in total. The molecule has 1 atom stereocenters. The molecule has 1 aromatic heterocycles. The maximum absolute atomic E-state index is 12.7. The lowest BCUT2D eigenvalue weighted by Gasteiger charge is -2.27. The Morgan fingerprint density at radius 1 is 1.33 bits per heavy atom. The molecular weight excluding hydrogens is 426 g/mol. The molecule has 0 aliphatic carbocycles. The first kappa shape index (κ1) is 22.2. The van der Waals surface area contributed by atoms with E-state index < -0.39 is 10.0 Å². The second-order valence-corrected chi connectivity index (χ2v) is 9.63. The molecule has 0 amide bonds. The molecule has 3 N–H and O–H groups in total. The number of nitrogens with zero attached hydrogens (tertiary/aromatic N) is 3. The average Bonchev–Trinajstić information content (AvgIpc) is 2.78. The van der Waals surface area contributed by atoms with Crippen molar-refractivity contribution in [2.75, 3.05) is 26.8 Å². The molecule has 162 valence electrons. The van der Waals surface area contributed by atoms with Gasteiger partial charge in [0, 0.05) is 31.3 Å². The van der Waals surface area contributed by atoms with Crippen molar-refractivity contribution in [1.29, 1.82) is 0 Å². The zero-order chi connectivity index (χ0) is 21.6. The molecule has 0 radical (unpaired) electrons. The normalized spacial score (nSPS) is 14.9. The van der Waals surface area contributed by atoms with E-state index in [-0.39, 0.29) is 16.8 Å². The van der Waals surface area contributed by atoms with Gasteiger partial charge >= 0.3 is 0 Å². The Morgan fingerprint density at radius 2 is 2.10 bits per heavy atom. The summed E-state index contributed by atoms with van der Waals surface area (Å²) in [5.41, 5.74) is 1.10. The first-order valence-corrected chi connectivity index (χ1v) is 11.8. The van der Waals surface area contributed by atoms with Gasteiger partial charge in [-0.1, -0.05) is 6.07 Å². The molecule has 1 aliphatic rings. The lowest BCUT2D eigenvalue weighted by molar-refractivity contribution is 0.171. The number of benzene rings is 1. The molecule has 1 aromatic carbocycles. The lowest BCUT2D eigenvalue weighted by atomic mass is 10.3. The second kappa shape index (κ2) is 10.0. The fourth-order valence-corrected chi connectivity index (χ4v) is 4.66. The zero-order valence-electron chi connectivity index (χ0n) is 16.8. The number of ether oxygens (including phenoxy) is 2. The number of sulfonamides is 1. The SMILES string of the molecule is CC(SCc1cccnc1)N(C)C(CNS(=O)(=O)c1ccc2c(c1)OCCO2)=NN. The van der Waals surface area contributed by atoms with Gasteiger partial charge in [0.2, 0.25) is 10.0 Å². The number of fused-ring (bicyclic) bond motifs is 1. The first-order chi connectivity index (χ1) is 14.4. The number of aromatic nitrogens is 1. The van der Waals surface area contributed by atoms with Crippen LogP contribution in [0.1, 0.15) is 12.5 Å². The minimum Gasteiger partial charge on any atom is -0.486 e. The minimum atomic E-state index is -3.78. The molecule has 0 spiro atoms. The van der Waals surface area contributed by atoms with E-state index in [0.29, 0.717) is 30.5 Å². The number of likely N-dealkylation sites (N-methyl/N-ethyl adjacent to an activating group) is 1. The number of hydrazone groups is 1. The Hall–Kier alpha value is -2.50. The van der Waals surface area contributed by atoms with Gasteiger partial charge < -0.3 is 20.2 Å². The van der Waals surface area contributed by atoms with Crippen molar-refractivity contribution in [3.8, 4) is 11.5 Å². The third-order valence-corrected chi connectivity index (χ3v) is 7.26. The van der Waals surface area contributed by atoms with Crippen LogP contribution in [0.4, 0.5) is 0 Å². The van der Waals surface area contributed by atoms with E-state index in [1.54, 1.807) is 24.0 Å². The van der Waals surface area contributed by atoms with Crippen LogP contribution >= 0.6 is 11.8 Å². The minimum absolute atomic E-state index is 0.0197. The van der Waals surface area contributed by atoms with Crippen LogP contribution in [0.2, 0.25) is 0 Å². The Labute approximate surface area is 180 Å². The van der Waals surface area contributed by atoms with Gasteiger partial charge in [0.15, 0.2) is 11.5 Å². The highest BCUT2D eigenvalue weighted by Crippen LogP contribution is 2.32. The van der Waals surface area contributed by atoms with E-state index in [1.165, 1.54) is 12.1 Å². The first-order valence-electron chi connectivity index (χ1n) is 9.30. The van der Waals surface area contributed by atoms with Gasteiger partial charge in [-0.05, 0) is 30.7 Å². The average molecular weight is 452 g/mol. The van der Waals surface area contributed by atoms with Gasteiger partial charge in [0.1, 0.15) is 19.0 Å². The van der Waals surface area contributed by atoms with Crippen LogP contribution < -0.4 is 20.0 Å². The van der Waals surface area contributed by atoms with E-state index in [9.17, 15) is 8.42 Å². The van der Waals surface area contributed by atoms with Crippen molar-refractivity contribution in [3.05, 3.63) is 48.3 Å². The highest BCUT2D eigenvalue weighted by molar-refractivity contribution is 7.99. The number of nitrogens with two attached hydrogens (primary N) is 1. The van der Waals surface area contributed by atoms with Crippen molar-refractivity contribution in [2.45, 2.75) is 22.9 Å². The van der Waals surface area contributed by atoms with Gasteiger partial charge in [-0.3, -0.25) is 4.98 Å². The Balaban J connectivity index is 1.59. The molecule has 1 aliphatic heterocycles. The molecule has 1 unspecified atom stereocenters. The quantitative estimate of drug-likeness (QED) is 0.204. The maximum atomic E-state index is 12.7. The summed E-state index contributed by atoms with van der Waals surface area (Å²) in [5.74, 6) is 7.66. The summed E-state index contributed by atoms with van der Waals surface area (Å²) in [5, 5.41) is 3.80. The summed E-state index contributed by atoms with van der Waals surface area (Å²) in [7, 11) is -1.95. The molecule has 0 saturated heterocycles. The highest BCUT2D eigenvalue weighted by atomic mass is 32.2. The number of hydrogen-bond acceptors (Lipinski definition) is 8. The summed E-state index contributed by atoms with van der Waals surface area (Å²) >= 11 is 1.67. The molecule has 11 heteroatoms. The van der Waals surface area contributed by atoms with Gasteiger partial charge in [-0.25, -0.2) is 13.1 Å². The largest absolute Gasteiger partial charge is 0.486 e. The number of amidine groups is 1. The number of rotatable bonds is 8. The monoisotopic (exact) mass is 451 g/mol. The summed E-state index contributed by atoms with van der Waals surface area (Å²) < 4.78 is 38.9. The Morgan fingerprint density at radius 3 is 2.80 bits per heavy atom. The predicted molar refractivity (Wildman–Crippen MR) is 117 cm³/mol. The van der Waals surface area contributed by atoms with Crippen LogP contribution in [0.5, 0.6) is 11.5 Å². The molecule has 30 heavy (non-hydrogen) atoms. The zero-order valence-corrected chi connectivity index (χ0v) is 18.4. The van der Waals surface area contributed by atoms with Crippen LogP contribution in [-0.4, -0.2) is 56.3 Å². The molecule has 2 heterocycles. The molecular formula is C19H25N5O4S2. The number of nitrogens with one attached hydrogen (secondary N) is 1. The van der Waals surface area contributed by atoms with E-state index >= 15 is 0 Å². The van der Waals surface area contributed by atoms with E-state index in [0.717, 1.165) is 11.3 Å². The van der Waals surface area contributed by atoms with Crippen molar-refractivity contribution in [1.82, 2.24) is 14.6 Å². The molecule has 0 saturated carbocycles. The van der Waals surface area contributed by atoms with Crippen LogP contribution in [-0.2, 0) is 15.8 Å². The lowest BCUT2D eigenvalue weighted by Crippen LogP contribution is -2.42. The fraction of sp³-hybridized carbons (Fsp3) is 0.368. The van der Waals surface area contributed by atoms with Crippen LogP contribution in [0.15, 0.2) is 52.7 Å². The van der Waals surface area contributed by atoms with E-state index in [1.807, 2.05) is 37.2 Å². The summed E-state index contributed by atoms with van der Waals surface area (Å²) in [6.45, 7) is 2.79. The van der Waals surface area contributed by atoms with Gasteiger partial charge in [-0.15, -0.1) is 11.8 Å². The van der Waals surface area contributed by atoms with Crippen molar-refractivity contribution < 1.29 is 17.9 Å². The maximum Gasteiger partial charge on any atom is 0.241 e. The molecule has 2 aromatic rings. The summed E-state index contributed by atoms with van der Waals surface area (Å²) in [4.78, 5) is 6.04. The highest BCUT2D eigenvalue weighted by Gasteiger charge is 2.21. The molecule has 3 rings (SSSR count). The number of hydrogen-bond donors (Lipinski definition) is 2. The summed E-state index contributed by atoms with van der Waals surface area (Å²) in [6.07, 6.45) is 3.55. The van der Waals surface area contributed by atoms with E-state index in [2.05, 4.69) is 14.8 Å². The van der Waals surface area contributed by atoms with Crippen molar-refractivity contribution in [3.63, 3.8) is 0 Å². The predicted octanol–water partition coefficient (Wildman–Crippen LogP) is 1.61. The third-order valence-electron chi connectivity index (χ3n) is 4.56. The van der Waals surface area contributed by atoms with Crippen molar-refractivity contribution >= 4 is 27.6 Å². The Kier molecular flexibility index (Phi) is 7.40. The Bertz CT molecular complexity index is 986. The topological polar surface area (TPSA) is 119 Å². The standard InChI is InChI=1S/C19H25N5O4S2/c1-14(29-13-15-4-3-7-21-11-15)24(2)19(23-20)12-22-30(25,26)16-5-6-17-18(10-16)28-9-8-27-17/h3-7,10-11,14,22H,8-9,12-13,20H2,1-2H3. The fourth-order valence-electron chi connectivity index (χ4n) is 2.72. The molecule has 0 fully saturated rings. The van der Waals surface area contributed by atoms with Crippen LogP contribution in [0, 0.1) is 0 Å². The number of pyridine rings is 1. The van der Waals surface area contributed by atoms with Gasteiger partial charge in [0.05, 0.1) is 16.8 Å².